The molecule has 186 valence electrons. The van der Waals surface area contributed by atoms with E-state index in [2.05, 4.69) is 21.1 Å². The van der Waals surface area contributed by atoms with Crippen molar-refractivity contribution in [2.45, 2.75) is 20.0 Å². The molecule has 3 aromatic carbocycles. The van der Waals surface area contributed by atoms with Gasteiger partial charge in [-0.1, -0.05) is 23.5 Å². The number of aryl methyl sites for hydroxylation is 1. The van der Waals surface area contributed by atoms with Crippen LogP contribution in [0.15, 0.2) is 60.7 Å². The van der Waals surface area contributed by atoms with Crippen LogP contribution in [0.1, 0.15) is 38.8 Å². The summed E-state index contributed by atoms with van der Waals surface area (Å²) in [7, 11) is 0. The highest BCUT2D eigenvalue weighted by molar-refractivity contribution is 7.22. The first-order chi connectivity index (χ1) is 17.1. The molecule has 0 fully saturated rings. The SMILES string of the molecule is CCONc1nc2ccc(C(=O)Nc3cc(NC(=O)c4cccc(C(F)(F)F)c4)ccc3C)cc2s1. The monoisotopic (exact) mass is 514 g/mol. The maximum Gasteiger partial charge on any atom is 0.416 e. The van der Waals surface area contributed by atoms with E-state index in [-0.39, 0.29) is 11.5 Å². The fraction of sp³-hybridized carbons (Fsp3) is 0.160. The van der Waals surface area contributed by atoms with Crippen LogP contribution in [0.4, 0.5) is 29.7 Å². The zero-order valence-corrected chi connectivity index (χ0v) is 20.0. The number of carbonyl (C=O) groups is 2. The van der Waals surface area contributed by atoms with Crippen LogP contribution in [0.25, 0.3) is 10.2 Å². The van der Waals surface area contributed by atoms with Gasteiger partial charge in [-0.3, -0.25) is 14.4 Å². The standard InChI is InChI=1S/C25H21F3N4O3S/c1-3-35-32-24-31-19-10-8-16(12-21(19)36-24)23(34)30-20-13-18(9-7-14(20)2)29-22(33)15-5-4-6-17(11-15)25(26,27)28/h4-13H,3H2,1-2H3,(H,29,33)(H,30,34)(H,31,32). The first-order valence-corrected chi connectivity index (χ1v) is 11.6. The molecule has 0 bridgehead atoms. The average molecular weight is 515 g/mol. The molecule has 0 saturated carbocycles. The van der Waals surface area contributed by atoms with Crippen LogP contribution in [0.5, 0.6) is 0 Å². The number of nitrogens with zero attached hydrogens (tertiary/aromatic N) is 1. The molecule has 0 unspecified atom stereocenters. The highest BCUT2D eigenvalue weighted by Crippen LogP contribution is 2.30. The van der Waals surface area contributed by atoms with Crippen LogP contribution in [0, 0.1) is 6.92 Å². The molecule has 1 aromatic heterocycles. The Kier molecular flexibility index (Phi) is 7.22. The minimum absolute atomic E-state index is 0.132. The normalized spacial score (nSPS) is 11.4. The molecule has 0 aliphatic rings. The fourth-order valence-corrected chi connectivity index (χ4v) is 4.17. The maximum absolute atomic E-state index is 13.0. The molecule has 0 radical (unpaired) electrons. The summed E-state index contributed by atoms with van der Waals surface area (Å²) < 4.78 is 39.7. The van der Waals surface area contributed by atoms with Gasteiger partial charge >= 0.3 is 6.18 Å². The van der Waals surface area contributed by atoms with Crippen molar-refractivity contribution in [2.75, 3.05) is 22.7 Å². The highest BCUT2D eigenvalue weighted by atomic mass is 32.1. The van der Waals surface area contributed by atoms with Crippen LogP contribution in [0.3, 0.4) is 0 Å². The molecule has 0 saturated heterocycles. The number of halogens is 3. The summed E-state index contributed by atoms with van der Waals surface area (Å²) in [5, 5.41) is 5.97. The van der Waals surface area contributed by atoms with Gasteiger partial charge in [-0.25, -0.2) is 10.5 Å². The molecule has 4 aromatic rings. The number of aromatic nitrogens is 1. The number of nitrogens with one attached hydrogen (secondary N) is 3. The second-order valence-corrected chi connectivity index (χ2v) is 8.78. The Morgan fingerprint density at radius 3 is 2.47 bits per heavy atom. The second kappa shape index (κ2) is 10.3. The predicted molar refractivity (Wildman–Crippen MR) is 133 cm³/mol. The van der Waals surface area contributed by atoms with Crippen molar-refractivity contribution in [1.82, 2.24) is 4.98 Å². The number of thiazole rings is 1. The Labute approximate surface area is 208 Å². The van der Waals surface area contributed by atoms with E-state index in [1.165, 1.54) is 23.5 Å². The van der Waals surface area contributed by atoms with E-state index in [0.29, 0.717) is 34.2 Å². The summed E-state index contributed by atoms with van der Waals surface area (Å²) in [5.74, 6) is -1.07. The average Bonchev–Trinajstić information content (AvgIpc) is 3.26. The van der Waals surface area contributed by atoms with Crippen molar-refractivity contribution in [3.05, 3.63) is 82.9 Å². The third-order valence-corrected chi connectivity index (χ3v) is 6.07. The Morgan fingerprint density at radius 2 is 1.72 bits per heavy atom. The molecular weight excluding hydrogens is 493 g/mol. The van der Waals surface area contributed by atoms with E-state index in [1.807, 2.05) is 6.92 Å². The molecule has 11 heteroatoms. The van der Waals surface area contributed by atoms with E-state index in [4.69, 9.17) is 4.84 Å². The fourth-order valence-electron chi connectivity index (χ4n) is 3.31. The van der Waals surface area contributed by atoms with Gasteiger partial charge < -0.3 is 10.6 Å². The Hall–Kier alpha value is -3.96. The van der Waals surface area contributed by atoms with E-state index in [0.717, 1.165) is 22.4 Å². The summed E-state index contributed by atoms with van der Waals surface area (Å²) in [6.07, 6.45) is -4.55. The van der Waals surface area contributed by atoms with Crippen molar-refractivity contribution in [3.63, 3.8) is 0 Å². The summed E-state index contributed by atoms with van der Waals surface area (Å²) in [6, 6.07) is 14.1. The molecule has 0 spiro atoms. The smallest absolute Gasteiger partial charge is 0.322 e. The molecule has 2 amide bonds. The number of alkyl halides is 3. The van der Waals surface area contributed by atoms with Crippen LogP contribution in [-0.4, -0.2) is 23.4 Å². The van der Waals surface area contributed by atoms with Gasteiger partial charge in [0.05, 0.1) is 22.4 Å². The summed E-state index contributed by atoms with van der Waals surface area (Å²) in [6.45, 7) is 4.10. The van der Waals surface area contributed by atoms with Crippen LogP contribution >= 0.6 is 11.3 Å². The van der Waals surface area contributed by atoms with Crippen molar-refractivity contribution >= 4 is 49.9 Å². The molecule has 36 heavy (non-hydrogen) atoms. The third kappa shape index (κ3) is 5.81. The largest absolute Gasteiger partial charge is 0.416 e. The summed E-state index contributed by atoms with van der Waals surface area (Å²) >= 11 is 1.34. The lowest BCUT2D eigenvalue weighted by Gasteiger charge is -2.13. The van der Waals surface area contributed by atoms with Crippen molar-refractivity contribution in [3.8, 4) is 0 Å². The van der Waals surface area contributed by atoms with Crippen molar-refractivity contribution in [2.24, 2.45) is 0 Å². The van der Waals surface area contributed by atoms with E-state index < -0.39 is 17.6 Å². The first-order valence-electron chi connectivity index (χ1n) is 10.8. The molecule has 3 N–H and O–H groups in total. The molecule has 7 nitrogen and oxygen atoms in total. The second-order valence-electron chi connectivity index (χ2n) is 7.75. The molecule has 0 aliphatic heterocycles. The maximum atomic E-state index is 13.0. The molecule has 1 heterocycles. The number of hydrogen-bond acceptors (Lipinski definition) is 6. The minimum Gasteiger partial charge on any atom is -0.322 e. The number of amides is 2. The molecule has 0 atom stereocenters. The summed E-state index contributed by atoms with van der Waals surface area (Å²) in [4.78, 5) is 35.0. The van der Waals surface area contributed by atoms with Crippen LogP contribution < -0.4 is 16.1 Å². The number of hydrogen-bond donors (Lipinski definition) is 3. The third-order valence-electron chi connectivity index (χ3n) is 5.15. The van der Waals surface area contributed by atoms with Gasteiger partial charge in [-0.15, -0.1) is 0 Å². The van der Waals surface area contributed by atoms with Gasteiger partial charge in [0.2, 0.25) is 5.13 Å². The van der Waals surface area contributed by atoms with Crippen molar-refractivity contribution < 1.29 is 27.6 Å². The predicted octanol–water partition coefficient (Wildman–Crippen LogP) is 6.49. The zero-order chi connectivity index (χ0) is 25.9. The molecule has 4 rings (SSSR count). The van der Waals surface area contributed by atoms with E-state index in [1.54, 1.807) is 43.3 Å². The number of rotatable bonds is 7. The van der Waals surface area contributed by atoms with Gasteiger partial charge in [0.15, 0.2) is 0 Å². The van der Waals surface area contributed by atoms with Gasteiger partial charge in [-0.2, -0.15) is 13.2 Å². The van der Waals surface area contributed by atoms with Gasteiger partial charge in [0.1, 0.15) is 0 Å². The van der Waals surface area contributed by atoms with Crippen molar-refractivity contribution in [1.29, 1.82) is 0 Å². The minimum atomic E-state index is -4.55. The summed E-state index contributed by atoms with van der Waals surface area (Å²) in [5.41, 5.74) is 4.33. The van der Waals surface area contributed by atoms with Gasteiger partial charge in [-0.05, 0) is 67.9 Å². The number of fused-ring (bicyclic) bond motifs is 1. The Balaban J connectivity index is 1.49. The lowest BCUT2D eigenvalue weighted by atomic mass is 10.1. The van der Waals surface area contributed by atoms with Gasteiger partial charge in [0.25, 0.3) is 11.8 Å². The van der Waals surface area contributed by atoms with E-state index in [9.17, 15) is 22.8 Å². The number of anilines is 3. The number of carbonyl (C=O) groups excluding carboxylic acids is 2. The van der Waals surface area contributed by atoms with Gasteiger partial charge in [0, 0.05) is 22.5 Å². The number of benzene rings is 3. The Bertz CT molecular complexity index is 1440. The van der Waals surface area contributed by atoms with E-state index >= 15 is 0 Å². The van der Waals surface area contributed by atoms with Crippen LogP contribution in [0.2, 0.25) is 0 Å². The van der Waals surface area contributed by atoms with Crippen LogP contribution in [-0.2, 0) is 11.0 Å². The Morgan fingerprint density at radius 1 is 0.972 bits per heavy atom. The zero-order valence-electron chi connectivity index (χ0n) is 19.2. The topological polar surface area (TPSA) is 92.3 Å². The first kappa shape index (κ1) is 25.1. The molecule has 0 aliphatic carbocycles. The quantitative estimate of drug-likeness (QED) is 0.245. The lowest BCUT2D eigenvalue weighted by molar-refractivity contribution is -0.137. The molecular formula is C25H21F3N4O3S. The lowest BCUT2D eigenvalue weighted by Crippen LogP contribution is -2.15. The highest BCUT2D eigenvalue weighted by Gasteiger charge is 2.30.